The maximum absolute atomic E-state index is 12.3. The monoisotopic (exact) mass is 369 g/mol. The fourth-order valence-corrected chi connectivity index (χ4v) is 3.11. The minimum Gasteiger partial charge on any atom is -0.379 e. The van der Waals surface area contributed by atoms with E-state index in [4.69, 9.17) is 27.9 Å². The van der Waals surface area contributed by atoms with Crippen LogP contribution in [0.1, 0.15) is 10.5 Å². The Labute approximate surface area is 148 Å². The molecule has 0 saturated carbocycles. The molecule has 128 valence electrons. The Morgan fingerprint density at radius 1 is 1.25 bits per heavy atom. The molecule has 1 amide bonds. The van der Waals surface area contributed by atoms with Crippen LogP contribution in [0, 0.1) is 0 Å². The van der Waals surface area contributed by atoms with Gasteiger partial charge < -0.3 is 15.0 Å². The molecule has 6 nitrogen and oxygen atoms in total. The van der Waals surface area contributed by atoms with Crippen LogP contribution in [0.5, 0.6) is 0 Å². The fraction of sp³-hybridized carbons (Fsp3) is 0.375. The Morgan fingerprint density at radius 2 is 1.96 bits per heavy atom. The molecule has 0 atom stereocenters. The smallest absolute Gasteiger partial charge is 0.267 e. The molecule has 2 aromatic rings. The molecule has 1 aliphatic rings. The summed E-state index contributed by atoms with van der Waals surface area (Å²) in [7, 11) is 0. The van der Waals surface area contributed by atoms with Crippen LogP contribution in [0.25, 0.3) is 10.9 Å². The van der Waals surface area contributed by atoms with Crippen LogP contribution in [-0.2, 0) is 4.74 Å². The van der Waals surface area contributed by atoms with Gasteiger partial charge in [-0.25, -0.2) is 0 Å². The average molecular weight is 370 g/mol. The Bertz CT molecular complexity index is 816. The third-order valence-electron chi connectivity index (χ3n) is 3.95. The van der Waals surface area contributed by atoms with E-state index in [1.807, 2.05) is 0 Å². The zero-order valence-corrected chi connectivity index (χ0v) is 14.4. The second-order valence-electron chi connectivity index (χ2n) is 5.54. The molecule has 0 bridgehead atoms. The van der Waals surface area contributed by atoms with Crippen molar-refractivity contribution in [2.45, 2.75) is 0 Å². The van der Waals surface area contributed by atoms with Gasteiger partial charge >= 0.3 is 0 Å². The number of nitrogens with zero attached hydrogens (tertiary/aromatic N) is 1. The Morgan fingerprint density at radius 3 is 2.71 bits per heavy atom. The highest BCUT2D eigenvalue weighted by molar-refractivity contribution is 6.39. The summed E-state index contributed by atoms with van der Waals surface area (Å²) in [6.45, 7) is 4.37. The van der Waals surface area contributed by atoms with Gasteiger partial charge in [0, 0.05) is 32.2 Å². The van der Waals surface area contributed by atoms with E-state index in [0.717, 1.165) is 19.6 Å². The van der Waals surface area contributed by atoms with Gasteiger partial charge in [0.25, 0.3) is 5.91 Å². The standard InChI is InChI=1S/C16H17Cl2N3O3/c17-10-1-2-11(18)15-14(10)13(22)9-12(20-15)16(23)19-3-4-21-5-7-24-8-6-21/h1-2,9H,3-8H2,(H,19,23)(H,20,22). The summed E-state index contributed by atoms with van der Waals surface area (Å²) < 4.78 is 5.28. The number of hydrogen-bond donors (Lipinski definition) is 2. The number of aromatic nitrogens is 1. The molecule has 0 spiro atoms. The zero-order valence-electron chi connectivity index (χ0n) is 12.9. The zero-order chi connectivity index (χ0) is 17.1. The Balaban J connectivity index is 1.73. The minimum atomic E-state index is -0.349. The topological polar surface area (TPSA) is 74.4 Å². The van der Waals surface area contributed by atoms with Gasteiger partial charge in [-0.3, -0.25) is 14.5 Å². The molecule has 2 N–H and O–H groups in total. The van der Waals surface area contributed by atoms with E-state index in [0.29, 0.717) is 35.3 Å². The first-order valence-electron chi connectivity index (χ1n) is 7.65. The summed E-state index contributed by atoms with van der Waals surface area (Å²) in [5.74, 6) is -0.349. The fourth-order valence-electron chi connectivity index (χ4n) is 2.66. The van der Waals surface area contributed by atoms with Gasteiger partial charge in [0.05, 0.1) is 34.2 Å². The molecule has 0 radical (unpaired) electrons. The van der Waals surface area contributed by atoms with Crippen molar-refractivity contribution in [1.82, 2.24) is 15.2 Å². The number of aromatic amines is 1. The van der Waals surface area contributed by atoms with Crippen LogP contribution in [0.2, 0.25) is 10.0 Å². The van der Waals surface area contributed by atoms with Crippen LogP contribution in [-0.4, -0.2) is 55.2 Å². The number of halogens is 2. The molecule has 1 aromatic heterocycles. The van der Waals surface area contributed by atoms with Crippen LogP contribution in [0.3, 0.4) is 0 Å². The molecule has 0 aliphatic carbocycles. The lowest BCUT2D eigenvalue weighted by atomic mass is 10.2. The number of pyridine rings is 1. The number of benzene rings is 1. The van der Waals surface area contributed by atoms with Crippen LogP contribution >= 0.6 is 23.2 Å². The molecule has 1 saturated heterocycles. The lowest BCUT2D eigenvalue weighted by molar-refractivity contribution is 0.0383. The molecule has 1 fully saturated rings. The summed E-state index contributed by atoms with van der Waals surface area (Å²) in [5.41, 5.74) is 0.197. The number of nitrogens with one attached hydrogen (secondary N) is 2. The molecule has 8 heteroatoms. The number of carbonyl (C=O) groups excluding carboxylic acids is 1. The number of H-pyrrole nitrogens is 1. The molecule has 2 heterocycles. The average Bonchev–Trinajstić information content (AvgIpc) is 2.58. The first-order valence-corrected chi connectivity index (χ1v) is 8.41. The largest absolute Gasteiger partial charge is 0.379 e. The van der Waals surface area contributed by atoms with Gasteiger partial charge in [-0.15, -0.1) is 0 Å². The van der Waals surface area contributed by atoms with Gasteiger partial charge in [0.15, 0.2) is 5.43 Å². The third kappa shape index (κ3) is 3.72. The number of hydrogen-bond acceptors (Lipinski definition) is 4. The van der Waals surface area contributed by atoms with Crippen molar-refractivity contribution in [2.24, 2.45) is 0 Å². The van der Waals surface area contributed by atoms with Crippen molar-refractivity contribution in [1.29, 1.82) is 0 Å². The first-order chi connectivity index (χ1) is 11.6. The minimum absolute atomic E-state index is 0.165. The predicted octanol–water partition coefficient (Wildman–Crippen LogP) is 1.90. The van der Waals surface area contributed by atoms with Gasteiger partial charge in [-0.2, -0.15) is 0 Å². The Kier molecular flexibility index (Phi) is 5.40. The lowest BCUT2D eigenvalue weighted by Crippen LogP contribution is -2.41. The van der Waals surface area contributed by atoms with Crippen LogP contribution in [0.15, 0.2) is 23.0 Å². The molecule has 24 heavy (non-hydrogen) atoms. The molecule has 0 unspecified atom stereocenters. The maximum atomic E-state index is 12.3. The van der Waals surface area contributed by atoms with E-state index in [1.165, 1.54) is 6.07 Å². The highest BCUT2D eigenvalue weighted by Gasteiger charge is 2.14. The van der Waals surface area contributed by atoms with Gasteiger partial charge in [-0.1, -0.05) is 23.2 Å². The molecular formula is C16H17Cl2N3O3. The van der Waals surface area contributed by atoms with Crippen LogP contribution < -0.4 is 10.7 Å². The number of fused-ring (bicyclic) bond motifs is 1. The lowest BCUT2D eigenvalue weighted by Gasteiger charge is -2.26. The molecular weight excluding hydrogens is 353 g/mol. The summed E-state index contributed by atoms with van der Waals surface area (Å²) in [6, 6.07) is 4.39. The van der Waals surface area contributed by atoms with Crippen molar-refractivity contribution in [3.05, 3.63) is 44.2 Å². The Hall–Kier alpha value is -1.60. The van der Waals surface area contributed by atoms with E-state index in [1.54, 1.807) is 12.1 Å². The highest BCUT2D eigenvalue weighted by atomic mass is 35.5. The number of amides is 1. The van der Waals surface area contributed by atoms with Gasteiger partial charge in [0.2, 0.25) is 0 Å². The first kappa shape index (κ1) is 17.2. The van der Waals surface area contributed by atoms with E-state index in [9.17, 15) is 9.59 Å². The summed E-state index contributed by atoms with van der Waals surface area (Å²) >= 11 is 12.1. The van der Waals surface area contributed by atoms with Gasteiger partial charge in [0.1, 0.15) is 5.69 Å². The summed E-state index contributed by atoms with van der Waals surface area (Å²) in [5, 5.41) is 3.73. The van der Waals surface area contributed by atoms with Crippen molar-refractivity contribution in [3.63, 3.8) is 0 Å². The quantitative estimate of drug-likeness (QED) is 0.862. The molecule has 1 aliphatic heterocycles. The number of morpholine rings is 1. The SMILES string of the molecule is O=C(NCCN1CCOCC1)c1cc(=O)c2c(Cl)ccc(Cl)c2[nH]1. The third-order valence-corrected chi connectivity index (χ3v) is 4.58. The van der Waals surface area contributed by atoms with Crippen molar-refractivity contribution in [2.75, 3.05) is 39.4 Å². The number of rotatable bonds is 4. The molecule has 3 rings (SSSR count). The van der Waals surface area contributed by atoms with Gasteiger partial charge in [-0.05, 0) is 12.1 Å². The number of carbonyl (C=O) groups is 1. The van der Waals surface area contributed by atoms with Crippen LogP contribution in [0.4, 0.5) is 0 Å². The second-order valence-corrected chi connectivity index (χ2v) is 6.35. The normalized spacial score (nSPS) is 15.6. The predicted molar refractivity (Wildman–Crippen MR) is 94.2 cm³/mol. The van der Waals surface area contributed by atoms with Crippen molar-refractivity contribution in [3.8, 4) is 0 Å². The maximum Gasteiger partial charge on any atom is 0.267 e. The van der Waals surface area contributed by atoms with Crippen molar-refractivity contribution >= 4 is 40.0 Å². The van der Waals surface area contributed by atoms with Crippen molar-refractivity contribution < 1.29 is 9.53 Å². The van der Waals surface area contributed by atoms with E-state index < -0.39 is 0 Å². The second kappa shape index (κ2) is 7.53. The highest BCUT2D eigenvalue weighted by Crippen LogP contribution is 2.25. The number of ether oxygens (including phenoxy) is 1. The summed E-state index contributed by atoms with van der Waals surface area (Å²) in [4.78, 5) is 29.6. The van der Waals surface area contributed by atoms with E-state index in [-0.39, 0.29) is 22.4 Å². The summed E-state index contributed by atoms with van der Waals surface area (Å²) in [6.07, 6.45) is 0. The van der Waals surface area contributed by atoms with E-state index in [2.05, 4.69) is 15.2 Å². The molecule has 1 aromatic carbocycles. The van der Waals surface area contributed by atoms with E-state index >= 15 is 0 Å².